The van der Waals surface area contributed by atoms with E-state index in [-0.39, 0.29) is 12.3 Å². The minimum absolute atomic E-state index is 0.128. The van der Waals surface area contributed by atoms with Crippen molar-refractivity contribution in [1.29, 1.82) is 0 Å². The van der Waals surface area contributed by atoms with Crippen LogP contribution in [0.1, 0.15) is 12.5 Å². The molecule has 3 aromatic rings. The number of amides is 1. The Morgan fingerprint density at radius 2 is 1.70 bits per heavy atom. The number of halogens is 1. The molecule has 1 unspecified atom stereocenters. The van der Waals surface area contributed by atoms with E-state index in [4.69, 9.17) is 11.6 Å². The second-order valence-electron chi connectivity index (χ2n) is 7.11. The molecule has 1 amide bonds. The fraction of sp³-hybridized carbons (Fsp3) is 0.208. The lowest BCUT2D eigenvalue weighted by molar-refractivity contribution is -0.115. The lowest BCUT2D eigenvalue weighted by Gasteiger charge is -2.18. The Balaban J connectivity index is 1.71. The molecule has 4 nitrogen and oxygen atoms in total. The minimum Gasteiger partial charge on any atom is -0.377 e. The summed E-state index contributed by atoms with van der Waals surface area (Å²) < 4.78 is 11.8. The highest BCUT2D eigenvalue weighted by Crippen LogP contribution is 2.36. The van der Waals surface area contributed by atoms with Crippen molar-refractivity contribution in [2.45, 2.75) is 18.2 Å². The number of nitrogens with zero attached hydrogens (tertiary/aromatic N) is 1. The molecule has 0 aliphatic heterocycles. The summed E-state index contributed by atoms with van der Waals surface area (Å²) >= 11 is 6.55. The van der Waals surface area contributed by atoms with E-state index in [1.165, 1.54) is 0 Å². The number of hydrogen-bond acceptors (Lipinski definition) is 3. The third-order valence-corrected chi connectivity index (χ3v) is 6.38. The van der Waals surface area contributed by atoms with Gasteiger partial charge in [0.15, 0.2) is 0 Å². The predicted molar refractivity (Wildman–Crippen MR) is 127 cm³/mol. The number of carbonyl (C=O) groups is 1. The molecule has 1 atom stereocenters. The maximum Gasteiger partial charge on any atom is 0.228 e. The standard InChI is InChI=1S/C24H25ClN2O2S/c1-4-30(29)19-12-9-17(10-13-19)15-24(28)26-18-11-14-20(22(25)16-18)21-7-5-6-8-23(21)27(2)3/h5-14,16H,4,15H2,1-3H3,(H,26,28). The van der Waals surface area contributed by atoms with Crippen molar-refractivity contribution in [2.75, 3.05) is 30.1 Å². The molecule has 6 heteroatoms. The lowest BCUT2D eigenvalue weighted by Crippen LogP contribution is -2.14. The first kappa shape index (κ1) is 22.1. The second-order valence-corrected chi connectivity index (χ2v) is 9.26. The van der Waals surface area contributed by atoms with Gasteiger partial charge in [-0.05, 0) is 35.9 Å². The van der Waals surface area contributed by atoms with Crippen LogP contribution < -0.4 is 10.2 Å². The SMILES string of the molecule is CCS(=O)c1ccc(CC(=O)Nc2ccc(-c3ccccc3N(C)C)c(Cl)c2)cc1. The van der Waals surface area contributed by atoms with E-state index < -0.39 is 10.8 Å². The molecule has 3 rings (SSSR count). The number of nitrogens with one attached hydrogen (secondary N) is 1. The van der Waals surface area contributed by atoms with Gasteiger partial charge in [0.25, 0.3) is 0 Å². The van der Waals surface area contributed by atoms with Crippen molar-refractivity contribution in [3.05, 3.63) is 77.3 Å². The Kier molecular flexibility index (Phi) is 7.29. The van der Waals surface area contributed by atoms with E-state index in [9.17, 15) is 9.00 Å². The molecule has 1 N–H and O–H groups in total. The second kappa shape index (κ2) is 9.92. The average molecular weight is 441 g/mol. The van der Waals surface area contributed by atoms with Gasteiger partial charge in [-0.15, -0.1) is 0 Å². The van der Waals surface area contributed by atoms with Crippen molar-refractivity contribution in [1.82, 2.24) is 0 Å². The van der Waals surface area contributed by atoms with E-state index in [0.29, 0.717) is 16.5 Å². The van der Waals surface area contributed by atoms with Gasteiger partial charge in [-0.1, -0.05) is 54.9 Å². The topological polar surface area (TPSA) is 49.4 Å². The van der Waals surface area contributed by atoms with E-state index in [1.807, 2.05) is 86.6 Å². The molecule has 0 aliphatic carbocycles. The summed E-state index contributed by atoms with van der Waals surface area (Å²) in [4.78, 5) is 15.3. The first-order valence-electron chi connectivity index (χ1n) is 9.72. The molecule has 0 spiro atoms. The lowest BCUT2D eigenvalue weighted by atomic mass is 10.0. The van der Waals surface area contributed by atoms with Crippen LogP contribution in [0.4, 0.5) is 11.4 Å². The first-order chi connectivity index (χ1) is 14.4. The summed E-state index contributed by atoms with van der Waals surface area (Å²) in [7, 11) is 3.00. The van der Waals surface area contributed by atoms with Crippen LogP contribution in [0.25, 0.3) is 11.1 Å². The van der Waals surface area contributed by atoms with Gasteiger partial charge in [0.1, 0.15) is 0 Å². The van der Waals surface area contributed by atoms with Gasteiger partial charge in [0.05, 0.1) is 22.2 Å². The Hall–Kier alpha value is -2.63. The van der Waals surface area contributed by atoms with Crippen LogP contribution in [0.2, 0.25) is 5.02 Å². The van der Waals surface area contributed by atoms with Gasteiger partial charge in [-0.3, -0.25) is 9.00 Å². The van der Waals surface area contributed by atoms with Crippen LogP contribution in [0.15, 0.2) is 71.6 Å². The number of benzene rings is 3. The largest absolute Gasteiger partial charge is 0.377 e. The van der Waals surface area contributed by atoms with E-state index >= 15 is 0 Å². The van der Waals surface area contributed by atoms with Crippen molar-refractivity contribution < 1.29 is 9.00 Å². The third-order valence-electron chi connectivity index (χ3n) is 4.74. The molecular weight excluding hydrogens is 416 g/mol. The van der Waals surface area contributed by atoms with Crippen LogP contribution >= 0.6 is 11.6 Å². The summed E-state index contributed by atoms with van der Waals surface area (Å²) in [6, 6.07) is 20.9. The zero-order valence-electron chi connectivity index (χ0n) is 17.3. The molecular formula is C24H25ClN2O2S. The Labute approximate surface area is 185 Å². The van der Waals surface area contributed by atoms with E-state index in [1.54, 1.807) is 6.07 Å². The van der Waals surface area contributed by atoms with E-state index in [0.717, 1.165) is 27.3 Å². The summed E-state index contributed by atoms with van der Waals surface area (Å²) in [6.07, 6.45) is 0.238. The van der Waals surface area contributed by atoms with Crippen molar-refractivity contribution in [3.8, 4) is 11.1 Å². The number of hydrogen-bond donors (Lipinski definition) is 1. The van der Waals surface area contributed by atoms with Crippen LogP contribution in [0, 0.1) is 0 Å². The highest BCUT2D eigenvalue weighted by atomic mass is 35.5. The molecule has 0 heterocycles. The monoisotopic (exact) mass is 440 g/mol. The summed E-state index contributed by atoms with van der Waals surface area (Å²) in [6.45, 7) is 1.88. The van der Waals surface area contributed by atoms with Gasteiger partial charge in [-0.2, -0.15) is 0 Å². The molecule has 30 heavy (non-hydrogen) atoms. The minimum atomic E-state index is -0.987. The molecule has 0 radical (unpaired) electrons. The van der Waals surface area contributed by atoms with Crippen LogP contribution in [-0.4, -0.2) is 30.0 Å². The summed E-state index contributed by atoms with van der Waals surface area (Å²) in [5.74, 6) is 0.451. The van der Waals surface area contributed by atoms with Crippen LogP contribution in [-0.2, 0) is 22.0 Å². The smallest absolute Gasteiger partial charge is 0.228 e. The van der Waals surface area contributed by atoms with Gasteiger partial charge in [-0.25, -0.2) is 0 Å². The van der Waals surface area contributed by atoms with Gasteiger partial charge >= 0.3 is 0 Å². The molecule has 0 aliphatic rings. The average Bonchev–Trinajstić information content (AvgIpc) is 2.73. The fourth-order valence-corrected chi connectivity index (χ4v) is 4.27. The summed E-state index contributed by atoms with van der Waals surface area (Å²) in [5, 5.41) is 3.48. The molecule has 156 valence electrons. The molecule has 0 aromatic heterocycles. The van der Waals surface area contributed by atoms with Crippen LogP contribution in [0.3, 0.4) is 0 Å². The highest BCUT2D eigenvalue weighted by Gasteiger charge is 2.12. The van der Waals surface area contributed by atoms with Gasteiger partial charge < -0.3 is 10.2 Å². The van der Waals surface area contributed by atoms with Crippen molar-refractivity contribution >= 4 is 39.7 Å². The van der Waals surface area contributed by atoms with Gasteiger partial charge in [0, 0.05) is 47.2 Å². The maximum atomic E-state index is 12.4. The Morgan fingerprint density at radius 3 is 2.33 bits per heavy atom. The number of rotatable bonds is 7. The van der Waals surface area contributed by atoms with E-state index in [2.05, 4.69) is 5.32 Å². The summed E-state index contributed by atoms with van der Waals surface area (Å²) in [5.41, 5.74) is 4.55. The molecule has 3 aromatic carbocycles. The number of carbonyl (C=O) groups excluding carboxylic acids is 1. The number of anilines is 2. The fourth-order valence-electron chi connectivity index (χ4n) is 3.22. The third kappa shape index (κ3) is 5.29. The van der Waals surface area contributed by atoms with Crippen LogP contribution in [0.5, 0.6) is 0 Å². The predicted octanol–water partition coefficient (Wildman–Crippen LogP) is 5.38. The Bertz CT molecular complexity index is 1070. The Morgan fingerprint density at radius 1 is 1.00 bits per heavy atom. The molecule has 0 saturated carbocycles. The quantitative estimate of drug-likeness (QED) is 0.536. The number of para-hydroxylation sites is 1. The van der Waals surface area contributed by atoms with Crippen molar-refractivity contribution in [2.24, 2.45) is 0 Å². The molecule has 0 fully saturated rings. The maximum absolute atomic E-state index is 12.4. The van der Waals surface area contributed by atoms with Gasteiger partial charge in [0.2, 0.25) is 5.91 Å². The molecule has 0 bridgehead atoms. The zero-order chi connectivity index (χ0) is 21.7. The van der Waals surface area contributed by atoms with Crippen molar-refractivity contribution in [3.63, 3.8) is 0 Å². The first-order valence-corrected chi connectivity index (χ1v) is 11.4. The zero-order valence-corrected chi connectivity index (χ0v) is 18.9. The normalized spacial score (nSPS) is 11.7. The highest BCUT2D eigenvalue weighted by molar-refractivity contribution is 7.85. The molecule has 0 saturated heterocycles.